The maximum atomic E-state index is 12.1. The van der Waals surface area contributed by atoms with Crippen LogP contribution in [0.1, 0.15) is 16.1 Å². The number of carbonyl (C=O) groups excluding carboxylic acids is 1. The Balaban J connectivity index is 1.76. The van der Waals surface area contributed by atoms with Crippen molar-refractivity contribution in [3.05, 3.63) is 59.8 Å². The molecule has 6 nitrogen and oxygen atoms in total. The third kappa shape index (κ3) is 3.95. The summed E-state index contributed by atoms with van der Waals surface area (Å²) in [6.07, 6.45) is 0. The number of nitrogens with zero attached hydrogens (tertiary/aromatic N) is 2. The minimum atomic E-state index is -1.12. The van der Waals surface area contributed by atoms with Crippen molar-refractivity contribution in [2.75, 3.05) is 11.1 Å². The fourth-order valence-electron chi connectivity index (χ4n) is 2.31. The number of rotatable bonds is 5. The van der Waals surface area contributed by atoms with Crippen LogP contribution in [-0.4, -0.2) is 32.7 Å². The Labute approximate surface area is 148 Å². The molecule has 0 aliphatic rings. The average molecular weight is 353 g/mol. The topological polar surface area (TPSA) is 92.2 Å². The Morgan fingerprint density at radius 2 is 1.80 bits per heavy atom. The van der Waals surface area contributed by atoms with Crippen LogP contribution in [0.5, 0.6) is 0 Å². The van der Waals surface area contributed by atoms with Gasteiger partial charge >= 0.3 is 5.97 Å². The summed E-state index contributed by atoms with van der Waals surface area (Å²) >= 11 is 1.10. The molecule has 2 aromatic carbocycles. The Bertz CT molecular complexity index is 959. The predicted octanol–water partition coefficient (Wildman–Crippen LogP) is 3.37. The van der Waals surface area contributed by atoms with Gasteiger partial charge in [0.15, 0.2) is 10.9 Å². The van der Waals surface area contributed by atoms with Gasteiger partial charge in [-0.1, -0.05) is 48.2 Å². The van der Waals surface area contributed by atoms with Gasteiger partial charge in [-0.2, -0.15) is 0 Å². The van der Waals surface area contributed by atoms with Gasteiger partial charge in [0.05, 0.1) is 11.3 Å². The van der Waals surface area contributed by atoms with Crippen molar-refractivity contribution in [1.82, 2.24) is 9.97 Å². The lowest BCUT2D eigenvalue weighted by molar-refractivity contribution is -0.113. The Kier molecular flexibility index (Phi) is 4.95. The summed E-state index contributed by atoms with van der Waals surface area (Å²) in [5.74, 6) is -1.23. The molecule has 0 saturated carbocycles. The van der Waals surface area contributed by atoms with Crippen LogP contribution in [0, 0.1) is 6.92 Å². The summed E-state index contributed by atoms with van der Waals surface area (Å²) < 4.78 is 0. The number of anilines is 1. The number of hydrogen-bond donors (Lipinski definition) is 2. The second-order valence-corrected chi connectivity index (χ2v) is 6.27. The zero-order chi connectivity index (χ0) is 17.8. The number of hydrogen-bond acceptors (Lipinski definition) is 5. The summed E-state index contributed by atoms with van der Waals surface area (Å²) in [6, 6.07) is 14.4. The van der Waals surface area contributed by atoms with E-state index in [0.717, 1.165) is 23.0 Å². The molecule has 0 fully saturated rings. The number of nitrogens with one attached hydrogen (secondary N) is 1. The first kappa shape index (κ1) is 16.9. The highest BCUT2D eigenvalue weighted by Gasteiger charge is 2.15. The molecule has 0 bridgehead atoms. The zero-order valence-corrected chi connectivity index (χ0v) is 14.2. The first-order valence-corrected chi connectivity index (χ1v) is 8.51. The van der Waals surface area contributed by atoms with E-state index in [-0.39, 0.29) is 22.5 Å². The van der Waals surface area contributed by atoms with Crippen LogP contribution >= 0.6 is 11.8 Å². The molecule has 0 spiro atoms. The normalized spacial score (nSPS) is 10.6. The number of para-hydroxylation sites is 2. The second kappa shape index (κ2) is 7.31. The Hall–Kier alpha value is -2.93. The number of aromatic nitrogens is 2. The van der Waals surface area contributed by atoms with Crippen molar-refractivity contribution >= 4 is 40.2 Å². The van der Waals surface area contributed by atoms with E-state index in [1.807, 2.05) is 31.2 Å². The van der Waals surface area contributed by atoms with E-state index in [4.69, 9.17) is 0 Å². The van der Waals surface area contributed by atoms with Gasteiger partial charge < -0.3 is 10.4 Å². The first-order valence-electron chi connectivity index (χ1n) is 7.53. The lowest BCUT2D eigenvalue weighted by Gasteiger charge is -2.08. The zero-order valence-electron chi connectivity index (χ0n) is 13.4. The van der Waals surface area contributed by atoms with Gasteiger partial charge in [0.2, 0.25) is 5.91 Å². The highest BCUT2D eigenvalue weighted by Crippen LogP contribution is 2.21. The number of benzene rings is 2. The van der Waals surface area contributed by atoms with Crippen LogP contribution in [0.15, 0.2) is 53.7 Å². The monoisotopic (exact) mass is 353 g/mol. The van der Waals surface area contributed by atoms with Crippen molar-refractivity contribution in [3.8, 4) is 0 Å². The molecule has 3 aromatic rings. The fourth-order valence-corrected chi connectivity index (χ4v) is 2.96. The molecule has 3 rings (SSSR count). The number of amides is 1. The van der Waals surface area contributed by atoms with Crippen molar-refractivity contribution in [2.24, 2.45) is 0 Å². The number of fused-ring (bicyclic) bond motifs is 1. The highest BCUT2D eigenvalue weighted by atomic mass is 32.2. The summed E-state index contributed by atoms with van der Waals surface area (Å²) in [7, 11) is 0. The molecule has 0 aliphatic carbocycles. The van der Waals surface area contributed by atoms with Crippen LogP contribution in [0.25, 0.3) is 10.9 Å². The molecule has 1 heterocycles. The number of carboxylic acids is 1. The molecule has 1 amide bonds. The van der Waals surface area contributed by atoms with Crippen molar-refractivity contribution < 1.29 is 14.7 Å². The van der Waals surface area contributed by atoms with Gasteiger partial charge in [-0.25, -0.2) is 14.8 Å². The third-order valence-corrected chi connectivity index (χ3v) is 4.38. The van der Waals surface area contributed by atoms with Gasteiger partial charge in [-0.15, -0.1) is 0 Å². The van der Waals surface area contributed by atoms with E-state index < -0.39 is 5.97 Å². The molecule has 25 heavy (non-hydrogen) atoms. The van der Waals surface area contributed by atoms with E-state index in [1.54, 1.807) is 24.3 Å². The van der Waals surface area contributed by atoms with Gasteiger partial charge in [0, 0.05) is 11.1 Å². The summed E-state index contributed by atoms with van der Waals surface area (Å²) in [5, 5.41) is 12.9. The van der Waals surface area contributed by atoms with Gasteiger partial charge in [0.1, 0.15) is 0 Å². The minimum absolute atomic E-state index is 0.0626. The van der Waals surface area contributed by atoms with Gasteiger partial charge in [-0.05, 0) is 24.6 Å². The lowest BCUT2D eigenvalue weighted by atomic mass is 10.2. The van der Waals surface area contributed by atoms with E-state index in [1.165, 1.54) is 0 Å². The maximum Gasteiger partial charge on any atom is 0.355 e. The summed E-state index contributed by atoms with van der Waals surface area (Å²) in [6.45, 7) is 1.91. The van der Waals surface area contributed by atoms with Crippen LogP contribution < -0.4 is 5.32 Å². The molecule has 1 aromatic heterocycles. The molecule has 0 radical (unpaired) electrons. The van der Waals surface area contributed by atoms with Crippen molar-refractivity contribution in [3.63, 3.8) is 0 Å². The summed E-state index contributed by atoms with van der Waals surface area (Å²) in [5.41, 5.74) is 2.19. The molecule has 7 heteroatoms. The first-order chi connectivity index (χ1) is 12.0. The largest absolute Gasteiger partial charge is 0.476 e. The molecule has 0 aliphatic heterocycles. The van der Waals surface area contributed by atoms with Crippen LogP contribution in [0.4, 0.5) is 5.69 Å². The van der Waals surface area contributed by atoms with E-state index >= 15 is 0 Å². The second-order valence-electron chi connectivity index (χ2n) is 5.33. The van der Waals surface area contributed by atoms with Crippen molar-refractivity contribution in [2.45, 2.75) is 12.1 Å². The molecule has 0 atom stereocenters. The fraction of sp³-hybridized carbons (Fsp3) is 0.111. The van der Waals surface area contributed by atoms with Gasteiger partial charge in [0.25, 0.3) is 0 Å². The van der Waals surface area contributed by atoms with Crippen LogP contribution in [0.3, 0.4) is 0 Å². The third-order valence-electron chi connectivity index (χ3n) is 3.54. The number of carboxylic acid groups (broad SMARTS) is 1. The molecule has 126 valence electrons. The molecular weight excluding hydrogens is 338 g/mol. The smallest absolute Gasteiger partial charge is 0.355 e. The predicted molar refractivity (Wildman–Crippen MR) is 97.0 cm³/mol. The molecule has 2 N–H and O–H groups in total. The lowest BCUT2D eigenvalue weighted by Crippen LogP contribution is -2.15. The van der Waals surface area contributed by atoms with Gasteiger partial charge in [-0.3, -0.25) is 4.79 Å². The summed E-state index contributed by atoms with van der Waals surface area (Å²) in [4.78, 5) is 31.9. The molecule has 0 saturated heterocycles. The number of aryl methyl sites for hydroxylation is 1. The standard InChI is InChI=1S/C18H15N3O3S/c1-11-6-2-4-8-13(11)19-15(22)10-25-18-20-14-9-5-3-7-12(14)16(21-18)17(23)24/h2-9H,10H2,1H3,(H,19,22)(H,23,24). The SMILES string of the molecule is Cc1ccccc1NC(=O)CSc1nc(C(=O)O)c2ccccc2n1. The van der Waals surface area contributed by atoms with E-state index in [2.05, 4.69) is 15.3 Å². The average Bonchev–Trinajstić information content (AvgIpc) is 2.61. The maximum absolute atomic E-state index is 12.1. The number of aromatic carboxylic acids is 1. The van der Waals surface area contributed by atoms with Crippen LogP contribution in [0.2, 0.25) is 0 Å². The van der Waals surface area contributed by atoms with Crippen LogP contribution in [-0.2, 0) is 4.79 Å². The van der Waals surface area contributed by atoms with Crippen molar-refractivity contribution in [1.29, 1.82) is 0 Å². The number of carbonyl (C=O) groups is 2. The minimum Gasteiger partial charge on any atom is -0.476 e. The Morgan fingerprint density at radius 3 is 2.56 bits per heavy atom. The highest BCUT2D eigenvalue weighted by molar-refractivity contribution is 7.99. The van der Waals surface area contributed by atoms with E-state index in [9.17, 15) is 14.7 Å². The quantitative estimate of drug-likeness (QED) is 0.540. The number of thioether (sulfide) groups is 1. The Morgan fingerprint density at radius 1 is 1.08 bits per heavy atom. The van der Waals surface area contributed by atoms with E-state index in [0.29, 0.717) is 10.9 Å². The molecular formula is C18H15N3O3S. The molecule has 0 unspecified atom stereocenters.